The van der Waals surface area contributed by atoms with Gasteiger partial charge < -0.3 is 14.4 Å². The van der Waals surface area contributed by atoms with Gasteiger partial charge >= 0.3 is 0 Å². The standard InChI is InChI=1S/C27H30N2O5S/c1-27(2)20-34-17-16-28(27)26(30)22-10-7-11-25(18-22)35(31,32)29(19-21-8-5-4-6-9-21)23-12-14-24(33-3)15-13-23/h4-15,18H,16-17,19-20H2,1-3H3. The molecule has 0 saturated carbocycles. The number of amides is 1. The number of anilines is 1. The molecule has 1 saturated heterocycles. The topological polar surface area (TPSA) is 76.2 Å². The minimum atomic E-state index is -3.99. The Hall–Kier alpha value is -3.36. The van der Waals surface area contributed by atoms with Crippen molar-refractivity contribution >= 4 is 21.6 Å². The summed E-state index contributed by atoms with van der Waals surface area (Å²) in [5, 5.41) is 0. The zero-order chi connectivity index (χ0) is 25.1. The van der Waals surface area contributed by atoms with Crippen LogP contribution in [0, 0.1) is 0 Å². The molecule has 0 unspecified atom stereocenters. The van der Waals surface area contributed by atoms with Gasteiger partial charge in [-0.2, -0.15) is 0 Å². The zero-order valence-electron chi connectivity index (χ0n) is 20.2. The van der Waals surface area contributed by atoms with Gasteiger partial charge in [0.1, 0.15) is 5.75 Å². The molecule has 7 nitrogen and oxygen atoms in total. The van der Waals surface area contributed by atoms with Crippen molar-refractivity contribution in [1.29, 1.82) is 0 Å². The summed E-state index contributed by atoms with van der Waals surface area (Å²) < 4.78 is 40.0. The summed E-state index contributed by atoms with van der Waals surface area (Å²) in [5.41, 5.74) is 1.19. The molecule has 0 spiro atoms. The number of rotatable bonds is 7. The predicted molar refractivity (Wildman–Crippen MR) is 135 cm³/mol. The van der Waals surface area contributed by atoms with Crippen molar-refractivity contribution in [3.63, 3.8) is 0 Å². The number of morpholine rings is 1. The van der Waals surface area contributed by atoms with E-state index in [4.69, 9.17) is 9.47 Å². The summed E-state index contributed by atoms with van der Waals surface area (Å²) in [6.07, 6.45) is 0. The van der Waals surface area contributed by atoms with Crippen molar-refractivity contribution in [2.24, 2.45) is 0 Å². The van der Waals surface area contributed by atoms with E-state index in [-0.39, 0.29) is 17.3 Å². The van der Waals surface area contributed by atoms with Gasteiger partial charge in [0.05, 0.1) is 43.0 Å². The third-order valence-electron chi connectivity index (χ3n) is 6.09. The number of benzene rings is 3. The van der Waals surface area contributed by atoms with Crippen molar-refractivity contribution < 1.29 is 22.7 Å². The monoisotopic (exact) mass is 494 g/mol. The molecule has 35 heavy (non-hydrogen) atoms. The molecule has 3 aromatic rings. The van der Waals surface area contributed by atoms with E-state index in [0.717, 1.165) is 5.56 Å². The minimum absolute atomic E-state index is 0.0566. The Labute approximate surface area is 206 Å². The Balaban J connectivity index is 1.72. The molecule has 0 aromatic heterocycles. The predicted octanol–water partition coefficient (Wildman–Crippen LogP) is 4.34. The van der Waals surface area contributed by atoms with Crippen LogP contribution in [-0.2, 0) is 21.3 Å². The Morgan fingerprint density at radius 1 is 1.03 bits per heavy atom. The summed E-state index contributed by atoms with van der Waals surface area (Å²) in [6, 6.07) is 22.5. The quantitative estimate of drug-likeness (QED) is 0.488. The molecule has 0 N–H and O–H groups in total. The maximum atomic E-state index is 13.9. The van der Waals surface area contributed by atoms with Crippen molar-refractivity contribution in [2.45, 2.75) is 30.8 Å². The van der Waals surface area contributed by atoms with E-state index in [1.165, 1.54) is 16.4 Å². The van der Waals surface area contributed by atoms with Crippen LogP contribution in [0.4, 0.5) is 5.69 Å². The van der Waals surface area contributed by atoms with Crippen LogP contribution in [0.25, 0.3) is 0 Å². The molecule has 1 aliphatic heterocycles. The fourth-order valence-electron chi connectivity index (χ4n) is 4.12. The molecule has 0 aliphatic carbocycles. The molecular formula is C27H30N2O5S. The molecule has 8 heteroatoms. The van der Waals surface area contributed by atoms with Gasteiger partial charge in [-0.25, -0.2) is 8.42 Å². The summed E-state index contributed by atoms with van der Waals surface area (Å²) >= 11 is 0. The fourth-order valence-corrected chi connectivity index (χ4v) is 5.62. The van der Waals surface area contributed by atoms with Crippen LogP contribution < -0.4 is 9.04 Å². The Morgan fingerprint density at radius 3 is 2.40 bits per heavy atom. The third kappa shape index (κ3) is 5.33. The molecule has 0 bridgehead atoms. The third-order valence-corrected chi connectivity index (χ3v) is 7.86. The molecule has 0 radical (unpaired) electrons. The lowest BCUT2D eigenvalue weighted by Crippen LogP contribution is -2.55. The number of nitrogens with zero attached hydrogens (tertiary/aromatic N) is 2. The van der Waals surface area contributed by atoms with Crippen LogP contribution in [0.3, 0.4) is 0 Å². The highest BCUT2D eigenvalue weighted by atomic mass is 32.2. The number of sulfonamides is 1. The fraction of sp³-hybridized carbons (Fsp3) is 0.296. The van der Waals surface area contributed by atoms with E-state index in [9.17, 15) is 13.2 Å². The Bertz CT molecular complexity index is 1270. The number of methoxy groups -OCH3 is 1. The van der Waals surface area contributed by atoms with E-state index >= 15 is 0 Å². The molecule has 4 rings (SSSR count). The number of carbonyl (C=O) groups excluding carboxylic acids is 1. The lowest BCUT2D eigenvalue weighted by Gasteiger charge is -2.42. The lowest BCUT2D eigenvalue weighted by molar-refractivity contribution is -0.0370. The van der Waals surface area contributed by atoms with E-state index < -0.39 is 15.6 Å². The SMILES string of the molecule is COc1ccc(N(Cc2ccccc2)S(=O)(=O)c2cccc(C(=O)N3CCOCC3(C)C)c2)cc1. The molecular weight excluding hydrogens is 464 g/mol. The second kappa shape index (κ2) is 10.1. The van der Waals surface area contributed by atoms with Crippen LogP contribution in [0.5, 0.6) is 5.75 Å². The first kappa shape index (κ1) is 24.8. The van der Waals surface area contributed by atoms with E-state index in [2.05, 4.69) is 0 Å². The molecule has 0 atom stereocenters. The van der Waals surface area contributed by atoms with E-state index in [0.29, 0.717) is 36.8 Å². The van der Waals surface area contributed by atoms with Crippen LogP contribution in [0.15, 0.2) is 83.8 Å². The van der Waals surface area contributed by atoms with Gasteiger partial charge in [-0.1, -0.05) is 36.4 Å². The second-order valence-electron chi connectivity index (χ2n) is 9.04. The van der Waals surface area contributed by atoms with Gasteiger partial charge in [0, 0.05) is 12.1 Å². The minimum Gasteiger partial charge on any atom is -0.497 e. The van der Waals surface area contributed by atoms with Gasteiger partial charge in [-0.3, -0.25) is 9.10 Å². The first-order valence-corrected chi connectivity index (χ1v) is 12.9. The van der Waals surface area contributed by atoms with Gasteiger partial charge in [0.25, 0.3) is 15.9 Å². The van der Waals surface area contributed by atoms with Crippen molar-refractivity contribution in [1.82, 2.24) is 4.90 Å². The van der Waals surface area contributed by atoms with E-state index in [1.807, 2.05) is 44.2 Å². The Morgan fingerprint density at radius 2 is 1.74 bits per heavy atom. The van der Waals surface area contributed by atoms with Crippen LogP contribution in [0.1, 0.15) is 29.8 Å². The lowest BCUT2D eigenvalue weighted by atomic mass is 10.0. The average molecular weight is 495 g/mol. The van der Waals surface area contributed by atoms with Gasteiger partial charge in [0.15, 0.2) is 0 Å². The van der Waals surface area contributed by atoms with Gasteiger partial charge in [-0.15, -0.1) is 0 Å². The molecule has 1 aliphatic rings. The highest BCUT2D eigenvalue weighted by Gasteiger charge is 2.35. The van der Waals surface area contributed by atoms with Gasteiger partial charge in [-0.05, 0) is 61.9 Å². The van der Waals surface area contributed by atoms with Crippen molar-refractivity contribution in [3.05, 3.63) is 90.0 Å². The zero-order valence-corrected chi connectivity index (χ0v) is 21.0. The maximum Gasteiger partial charge on any atom is 0.264 e. The van der Waals surface area contributed by atoms with Gasteiger partial charge in [0.2, 0.25) is 0 Å². The van der Waals surface area contributed by atoms with Crippen LogP contribution in [-0.4, -0.2) is 51.6 Å². The smallest absolute Gasteiger partial charge is 0.264 e. The molecule has 1 heterocycles. The summed E-state index contributed by atoms with van der Waals surface area (Å²) in [6.45, 7) is 5.36. The Kier molecular flexibility index (Phi) is 7.14. The molecule has 3 aromatic carbocycles. The highest BCUT2D eigenvalue weighted by molar-refractivity contribution is 7.92. The first-order valence-electron chi connectivity index (χ1n) is 11.4. The number of hydrogen-bond acceptors (Lipinski definition) is 5. The van der Waals surface area contributed by atoms with Crippen LogP contribution in [0.2, 0.25) is 0 Å². The molecule has 1 amide bonds. The summed E-state index contributed by atoms with van der Waals surface area (Å²) in [4.78, 5) is 15.1. The first-order chi connectivity index (χ1) is 16.7. The van der Waals surface area contributed by atoms with Crippen LogP contribution >= 0.6 is 0 Å². The maximum absolute atomic E-state index is 13.9. The summed E-state index contributed by atoms with van der Waals surface area (Å²) in [7, 11) is -2.43. The van der Waals surface area contributed by atoms with Crippen molar-refractivity contribution in [3.8, 4) is 5.75 Å². The average Bonchev–Trinajstić information content (AvgIpc) is 2.87. The highest BCUT2D eigenvalue weighted by Crippen LogP contribution is 2.29. The summed E-state index contributed by atoms with van der Waals surface area (Å²) in [5.74, 6) is 0.418. The van der Waals surface area contributed by atoms with Crippen molar-refractivity contribution in [2.75, 3.05) is 31.2 Å². The normalized spacial score (nSPS) is 15.5. The molecule has 184 valence electrons. The number of hydrogen-bond donors (Lipinski definition) is 0. The molecule has 1 fully saturated rings. The number of ether oxygens (including phenoxy) is 2. The largest absolute Gasteiger partial charge is 0.497 e. The number of carbonyl (C=O) groups is 1. The second-order valence-corrected chi connectivity index (χ2v) is 10.9. The van der Waals surface area contributed by atoms with E-state index in [1.54, 1.807) is 48.4 Å².